The van der Waals surface area contributed by atoms with E-state index in [1.807, 2.05) is 13.8 Å². The Morgan fingerprint density at radius 2 is 2.00 bits per heavy atom. The number of carboxylic acid groups (broad SMARTS) is 1. The van der Waals surface area contributed by atoms with Crippen LogP contribution < -0.4 is 0 Å². The molecule has 0 aromatic carbocycles. The summed E-state index contributed by atoms with van der Waals surface area (Å²) >= 11 is 0. The average Bonchev–Trinajstić information content (AvgIpc) is 2.28. The zero-order valence-corrected chi connectivity index (χ0v) is 12.4. The van der Waals surface area contributed by atoms with Crippen molar-refractivity contribution in [3.63, 3.8) is 0 Å². The highest BCUT2D eigenvalue weighted by molar-refractivity contribution is 5.77. The number of carbonyl (C=O) groups excluding carboxylic acids is 1. The topological polar surface area (TPSA) is 57.6 Å². The quantitative estimate of drug-likeness (QED) is 0.806. The maximum Gasteiger partial charge on any atom is 0.305 e. The molecule has 1 rings (SSSR count). The molecule has 4 heteroatoms. The minimum Gasteiger partial charge on any atom is -0.481 e. The minimum atomic E-state index is -0.843. The number of amides is 1. The first-order chi connectivity index (χ1) is 8.90. The number of aliphatic carboxylic acids is 1. The number of rotatable bonds is 6. The van der Waals surface area contributed by atoms with Gasteiger partial charge >= 0.3 is 5.97 Å². The molecule has 2 atom stereocenters. The average molecular weight is 269 g/mol. The Morgan fingerprint density at radius 3 is 2.53 bits per heavy atom. The summed E-state index contributed by atoms with van der Waals surface area (Å²) in [5.74, 6) is 0.487. The molecule has 19 heavy (non-hydrogen) atoms. The summed E-state index contributed by atoms with van der Waals surface area (Å²) in [4.78, 5) is 24.7. The number of hydrogen-bond acceptors (Lipinski definition) is 2. The highest BCUT2D eigenvalue weighted by atomic mass is 16.4. The standard InChI is InChI=1S/C15H27NO3/c1-11(2)16(8-7-15(18)19)14(17)10-13-6-4-5-12(3)9-13/h11-13H,4-10H2,1-3H3,(H,18,19). The Morgan fingerprint density at radius 1 is 1.32 bits per heavy atom. The minimum absolute atomic E-state index is 0.0327. The van der Waals surface area contributed by atoms with E-state index in [4.69, 9.17) is 5.11 Å². The summed E-state index contributed by atoms with van der Waals surface area (Å²) in [6.45, 7) is 6.47. The molecule has 0 bridgehead atoms. The van der Waals surface area contributed by atoms with E-state index >= 15 is 0 Å². The molecule has 4 nitrogen and oxygen atoms in total. The lowest BCUT2D eigenvalue weighted by atomic mass is 9.80. The molecule has 0 aromatic rings. The van der Waals surface area contributed by atoms with Crippen LogP contribution in [-0.2, 0) is 9.59 Å². The fourth-order valence-corrected chi connectivity index (χ4v) is 3.00. The Labute approximate surface area is 116 Å². The molecule has 2 unspecified atom stereocenters. The molecule has 0 radical (unpaired) electrons. The van der Waals surface area contributed by atoms with Gasteiger partial charge in [-0.1, -0.05) is 19.8 Å². The predicted octanol–water partition coefficient (Wildman–Crippen LogP) is 2.91. The second-order valence-electron chi connectivity index (χ2n) is 6.17. The van der Waals surface area contributed by atoms with Gasteiger partial charge in [0.05, 0.1) is 6.42 Å². The molecule has 1 aliphatic rings. The monoisotopic (exact) mass is 269 g/mol. The Balaban J connectivity index is 2.49. The Bertz CT molecular complexity index is 315. The summed E-state index contributed by atoms with van der Waals surface area (Å²) in [6.07, 6.45) is 5.39. The van der Waals surface area contributed by atoms with Crippen LogP contribution in [0.1, 0.15) is 59.3 Å². The Kier molecular flexibility index (Phi) is 6.32. The van der Waals surface area contributed by atoms with Crippen LogP contribution in [0.4, 0.5) is 0 Å². The van der Waals surface area contributed by atoms with Crippen molar-refractivity contribution in [1.82, 2.24) is 4.90 Å². The number of hydrogen-bond donors (Lipinski definition) is 1. The molecule has 0 aromatic heterocycles. The summed E-state index contributed by atoms with van der Waals surface area (Å²) in [7, 11) is 0. The van der Waals surface area contributed by atoms with Crippen molar-refractivity contribution in [1.29, 1.82) is 0 Å². The van der Waals surface area contributed by atoms with E-state index in [9.17, 15) is 9.59 Å². The smallest absolute Gasteiger partial charge is 0.305 e. The van der Waals surface area contributed by atoms with Gasteiger partial charge in [0.25, 0.3) is 0 Å². The van der Waals surface area contributed by atoms with Gasteiger partial charge in [0.1, 0.15) is 0 Å². The van der Waals surface area contributed by atoms with Crippen molar-refractivity contribution in [2.75, 3.05) is 6.54 Å². The van der Waals surface area contributed by atoms with Crippen molar-refractivity contribution in [2.45, 2.75) is 65.3 Å². The van der Waals surface area contributed by atoms with Gasteiger partial charge in [0, 0.05) is 19.0 Å². The summed E-state index contributed by atoms with van der Waals surface area (Å²) in [5, 5.41) is 8.74. The maximum atomic E-state index is 12.3. The fourth-order valence-electron chi connectivity index (χ4n) is 3.00. The molecule has 0 aliphatic heterocycles. The van der Waals surface area contributed by atoms with Gasteiger partial charge in [0.15, 0.2) is 0 Å². The molecule has 1 amide bonds. The van der Waals surface area contributed by atoms with Crippen LogP contribution in [0.3, 0.4) is 0 Å². The van der Waals surface area contributed by atoms with Crippen LogP contribution in [0, 0.1) is 11.8 Å². The first kappa shape index (κ1) is 16.0. The van der Waals surface area contributed by atoms with Crippen molar-refractivity contribution < 1.29 is 14.7 Å². The highest BCUT2D eigenvalue weighted by Gasteiger charge is 2.25. The molecule has 1 saturated carbocycles. The largest absolute Gasteiger partial charge is 0.481 e. The van der Waals surface area contributed by atoms with Crippen LogP contribution in [0.2, 0.25) is 0 Å². The molecule has 1 fully saturated rings. The van der Waals surface area contributed by atoms with Gasteiger partial charge in [0.2, 0.25) is 5.91 Å². The number of carboxylic acids is 1. The van der Waals surface area contributed by atoms with Gasteiger partial charge in [-0.2, -0.15) is 0 Å². The van der Waals surface area contributed by atoms with Crippen LogP contribution >= 0.6 is 0 Å². The molecular formula is C15H27NO3. The number of carbonyl (C=O) groups is 2. The summed E-state index contributed by atoms with van der Waals surface area (Å²) in [5.41, 5.74) is 0. The zero-order valence-electron chi connectivity index (χ0n) is 12.4. The fraction of sp³-hybridized carbons (Fsp3) is 0.867. The van der Waals surface area contributed by atoms with Crippen LogP contribution in [0.25, 0.3) is 0 Å². The lowest BCUT2D eigenvalue weighted by Crippen LogP contribution is -2.39. The second-order valence-corrected chi connectivity index (χ2v) is 6.17. The normalized spacial score (nSPS) is 23.4. The van der Waals surface area contributed by atoms with Crippen LogP contribution in [0.5, 0.6) is 0 Å². The van der Waals surface area contributed by atoms with Crippen molar-refractivity contribution >= 4 is 11.9 Å². The molecule has 1 aliphatic carbocycles. The molecular weight excluding hydrogens is 242 g/mol. The van der Waals surface area contributed by atoms with E-state index in [1.165, 1.54) is 12.8 Å². The van der Waals surface area contributed by atoms with Gasteiger partial charge < -0.3 is 10.0 Å². The van der Waals surface area contributed by atoms with Crippen LogP contribution in [-0.4, -0.2) is 34.5 Å². The van der Waals surface area contributed by atoms with Gasteiger partial charge in [-0.25, -0.2) is 0 Å². The first-order valence-corrected chi connectivity index (χ1v) is 7.41. The number of nitrogens with zero attached hydrogens (tertiary/aromatic N) is 1. The van der Waals surface area contributed by atoms with E-state index in [2.05, 4.69) is 6.92 Å². The first-order valence-electron chi connectivity index (χ1n) is 7.41. The van der Waals surface area contributed by atoms with Crippen LogP contribution in [0.15, 0.2) is 0 Å². The summed E-state index contributed by atoms with van der Waals surface area (Å²) in [6, 6.07) is 0.0767. The lowest BCUT2D eigenvalue weighted by molar-refractivity contribution is -0.139. The van der Waals surface area contributed by atoms with Gasteiger partial charge in [-0.05, 0) is 38.5 Å². The van der Waals surface area contributed by atoms with Crippen molar-refractivity contribution in [3.8, 4) is 0 Å². The third kappa shape index (κ3) is 5.62. The molecule has 0 saturated heterocycles. The van der Waals surface area contributed by atoms with E-state index < -0.39 is 5.97 Å². The molecule has 0 spiro atoms. The van der Waals surface area contributed by atoms with E-state index in [-0.39, 0.29) is 18.4 Å². The van der Waals surface area contributed by atoms with E-state index in [0.717, 1.165) is 18.8 Å². The molecule has 1 N–H and O–H groups in total. The molecule has 110 valence electrons. The van der Waals surface area contributed by atoms with Gasteiger partial charge in [-0.15, -0.1) is 0 Å². The third-order valence-electron chi connectivity index (χ3n) is 4.02. The molecule has 0 heterocycles. The van der Waals surface area contributed by atoms with Crippen molar-refractivity contribution in [2.24, 2.45) is 11.8 Å². The van der Waals surface area contributed by atoms with E-state index in [0.29, 0.717) is 18.9 Å². The lowest BCUT2D eigenvalue weighted by Gasteiger charge is -2.31. The van der Waals surface area contributed by atoms with Crippen molar-refractivity contribution in [3.05, 3.63) is 0 Å². The van der Waals surface area contributed by atoms with E-state index in [1.54, 1.807) is 4.90 Å². The second kappa shape index (κ2) is 7.51. The Hall–Kier alpha value is -1.06. The maximum absolute atomic E-state index is 12.3. The highest BCUT2D eigenvalue weighted by Crippen LogP contribution is 2.31. The summed E-state index contributed by atoms with van der Waals surface area (Å²) < 4.78 is 0. The zero-order chi connectivity index (χ0) is 14.4. The van der Waals surface area contributed by atoms with Gasteiger partial charge in [-0.3, -0.25) is 9.59 Å². The predicted molar refractivity (Wildman–Crippen MR) is 74.8 cm³/mol. The third-order valence-corrected chi connectivity index (χ3v) is 4.02. The SMILES string of the molecule is CC1CCCC(CC(=O)N(CCC(=O)O)C(C)C)C1.